The van der Waals surface area contributed by atoms with E-state index in [9.17, 15) is 14.9 Å². The van der Waals surface area contributed by atoms with E-state index in [0.29, 0.717) is 22.7 Å². The van der Waals surface area contributed by atoms with E-state index < -0.39 is 4.92 Å². The van der Waals surface area contributed by atoms with Gasteiger partial charge in [-0.25, -0.2) is 0 Å². The minimum atomic E-state index is -0.441. The van der Waals surface area contributed by atoms with Gasteiger partial charge < -0.3 is 4.42 Å². The van der Waals surface area contributed by atoms with E-state index in [1.807, 2.05) is 60.7 Å². The summed E-state index contributed by atoms with van der Waals surface area (Å²) in [4.78, 5) is 25.7. The minimum Gasteiger partial charge on any atom is -0.457 e. The third-order valence-electron chi connectivity index (χ3n) is 5.43. The Bertz CT molecular complexity index is 1450. The van der Waals surface area contributed by atoms with E-state index in [0.717, 1.165) is 20.5 Å². The van der Waals surface area contributed by atoms with Gasteiger partial charge in [0.25, 0.3) is 11.6 Å². The highest BCUT2D eigenvalue weighted by molar-refractivity contribution is 14.1. The first-order valence-electron chi connectivity index (χ1n) is 10.4. The quantitative estimate of drug-likeness (QED) is 0.115. The summed E-state index contributed by atoms with van der Waals surface area (Å²) in [7, 11) is 0. The molecule has 7 heteroatoms. The SMILES string of the molecule is O=C1/C(=C/c2ccc(-c3ccc([N+](=O)[O-])cc3)o2)C=C(c2ccccc2)N1c1ccccc1I. The van der Waals surface area contributed by atoms with Crippen LogP contribution >= 0.6 is 22.6 Å². The molecule has 4 aromatic rings. The van der Waals surface area contributed by atoms with Crippen molar-refractivity contribution in [1.29, 1.82) is 0 Å². The van der Waals surface area contributed by atoms with Gasteiger partial charge in [0, 0.05) is 26.8 Å². The van der Waals surface area contributed by atoms with Crippen LogP contribution in [0.5, 0.6) is 0 Å². The van der Waals surface area contributed by atoms with E-state index in [1.54, 1.807) is 35.2 Å². The number of halogens is 1. The number of carbonyl (C=O) groups excluding carboxylic acids is 1. The monoisotopic (exact) mass is 560 g/mol. The minimum absolute atomic E-state index is 0.0171. The lowest BCUT2D eigenvalue weighted by Crippen LogP contribution is -2.25. The second-order valence-corrected chi connectivity index (χ2v) is 8.76. The van der Waals surface area contributed by atoms with Crippen LogP contribution in [-0.2, 0) is 4.79 Å². The Labute approximate surface area is 209 Å². The summed E-state index contributed by atoms with van der Waals surface area (Å²) in [6.45, 7) is 0. The van der Waals surface area contributed by atoms with Crippen molar-refractivity contribution in [3.05, 3.63) is 128 Å². The standard InChI is InChI=1S/C27H17IN2O4/c28-23-8-4-5-9-24(23)29-25(18-6-2-1-3-7-18)17-20(27(29)31)16-22-14-15-26(34-22)19-10-12-21(13-11-19)30(32)33/h1-17H/b20-16+. The fourth-order valence-corrected chi connectivity index (χ4v) is 4.42. The summed E-state index contributed by atoms with van der Waals surface area (Å²) in [5.41, 5.74) is 3.78. The maximum Gasteiger partial charge on any atom is 0.269 e. The van der Waals surface area contributed by atoms with Crippen LogP contribution in [0.15, 0.2) is 107 Å². The predicted molar refractivity (Wildman–Crippen MR) is 140 cm³/mol. The van der Waals surface area contributed by atoms with Gasteiger partial charge in [0.2, 0.25) is 0 Å². The van der Waals surface area contributed by atoms with Gasteiger partial charge in [-0.2, -0.15) is 0 Å². The molecule has 1 amide bonds. The maximum absolute atomic E-state index is 13.5. The highest BCUT2D eigenvalue weighted by atomic mass is 127. The maximum atomic E-state index is 13.5. The molecule has 1 aromatic heterocycles. The molecule has 1 aliphatic rings. The van der Waals surface area contributed by atoms with E-state index in [1.165, 1.54) is 12.1 Å². The lowest BCUT2D eigenvalue weighted by Gasteiger charge is -2.22. The molecule has 0 radical (unpaired) electrons. The average molecular weight is 560 g/mol. The lowest BCUT2D eigenvalue weighted by atomic mass is 10.1. The number of anilines is 1. The number of nitro benzene ring substituents is 1. The first-order chi connectivity index (χ1) is 16.5. The Morgan fingerprint density at radius 2 is 1.56 bits per heavy atom. The zero-order chi connectivity index (χ0) is 23.7. The average Bonchev–Trinajstić information content (AvgIpc) is 3.45. The normalized spacial score (nSPS) is 14.5. The van der Waals surface area contributed by atoms with E-state index in [-0.39, 0.29) is 11.6 Å². The lowest BCUT2D eigenvalue weighted by molar-refractivity contribution is -0.384. The Morgan fingerprint density at radius 3 is 2.26 bits per heavy atom. The van der Waals surface area contributed by atoms with Crippen LogP contribution in [-0.4, -0.2) is 10.8 Å². The van der Waals surface area contributed by atoms with E-state index in [2.05, 4.69) is 22.6 Å². The van der Waals surface area contributed by atoms with Gasteiger partial charge in [0.15, 0.2) is 0 Å². The van der Waals surface area contributed by atoms with Gasteiger partial charge in [0.05, 0.1) is 16.3 Å². The Hall–Kier alpha value is -3.98. The van der Waals surface area contributed by atoms with Crippen molar-refractivity contribution in [2.75, 3.05) is 4.90 Å². The molecule has 34 heavy (non-hydrogen) atoms. The van der Waals surface area contributed by atoms with Crippen LogP contribution in [0.4, 0.5) is 11.4 Å². The molecular weight excluding hydrogens is 543 g/mol. The molecule has 2 heterocycles. The molecule has 5 rings (SSSR count). The molecule has 3 aromatic carbocycles. The van der Waals surface area contributed by atoms with Gasteiger partial charge in [-0.3, -0.25) is 19.8 Å². The van der Waals surface area contributed by atoms with Crippen molar-refractivity contribution < 1.29 is 14.1 Å². The second-order valence-electron chi connectivity index (χ2n) is 7.59. The number of nitrogens with zero attached hydrogens (tertiary/aromatic N) is 2. The number of benzene rings is 3. The largest absolute Gasteiger partial charge is 0.457 e. The van der Waals surface area contributed by atoms with E-state index >= 15 is 0 Å². The molecule has 0 saturated carbocycles. The molecule has 0 aliphatic carbocycles. The number of hydrogen-bond donors (Lipinski definition) is 0. The van der Waals surface area contributed by atoms with Crippen molar-refractivity contribution in [3.63, 3.8) is 0 Å². The number of non-ortho nitro benzene ring substituents is 1. The third-order valence-corrected chi connectivity index (χ3v) is 6.35. The van der Waals surface area contributed by atoms with Crippen molar-refractivity contribution in [3.8, 4) is 11.3 Å². The Balaban J connectivity index is 1.52. The van der Waals surface area contributed by atoms with Crippen LogP contribution in [0.2, 0.25) is 0 Å². The number of nitro groups is 1. The van der Waals surface area contributed by atoms with Crippen LogP contribution in [0.3, 0.4) is 0 Å². The number of hydrogen-bond acceptors (Lipinski definition) is 4. The van der Waals surface area contributed by atoms with Gasteiger partial charge in [-0.05, 0) is 76.7 Å². The molecule has 1 aliphatic heterocycles. The summed E-state index contributed by atoms with van der Waals surface area (Å²) in [6.07, 6.45) is 3.59. The number of furan rings is 1. The van der Waals surface area contributed by atoms with Gasteiger partial charge >= 0.3 is 0 Å². The molecule has 0 spiro atoms. The topological polar surface area (TPSA) is 76.6 Å². The van der Waals surface area contributed by atoms with Gasteiger partial charge in [-0.1, -0.05) is 42.5 Å². The zero-order valence-electron chi connectivity index (χ0n) is 17.7. The molecule has 166 valence electrons. The predicted octanol–water partition coefficient (Wildman–Crippen LogP) is 6.93. The summed E-state index contributed by atoms with van der Waals surface area (Å²) < 4.78 is 6.91. The van der Waals surface area contributed by atoms with Crippen LogP contribution < -0.4 is 4.90 Å². The highest BCUT2D eigenvalue weighted by Crippen LogP contribution is 2.37. The summed E-state index contributed by atoms with van der Waals surface area (Å²) in [6, 6.07) is 27.3. The van der Waals surface area contributed by atoms with Crippen molar-refractivity contribution in [1.82, 2.24) is 0 Å². The first kappa shape index (κ1) is 21.8. The first-order valence-corrected chi connectivity index (χ1v) is 11.5. The van der Waals surface area contributed by atoms with E-state index in [4.69, 9.17) is 4.42 Å². The summed E-state index contributed by atoms with van der Waals surface area (Å²) in [5, 5.41) is 10.9. The smallest absolute Gasteiger partial charge is 0.269 e. The molecular formula is C27H17IN2O4. The fourth-order valence-electron chi connectivity index (χ4n) is 3.80. The molecule has 0 atom stereocenters. The third kappa shape index (κ3) is 4.17. The molecule has 0 N–H and O–H groups in total. The highest BCUT2D eigenvalue weighted by Gasteiger charge is 2.31. The second kappa shape index (κ2) is 9.11. The van der Waals surface area contributed by atoms with Crippen LogP contribution in [0, 0.1) is 13.7 Å². The van der Waals surface area contributed by atoms with Crippen molar-refractivity contribution in [2.24, 2.45) is 0 Å². The molecule has 0 unspecified atom stereocenters. The van der Waals surface area contributed by atoms with Crippen LogP contribution in [0.1, 0.15) is 11.3 Å². The van der Waals surface area contributed by atoms with Gasteiger partial charge in [-0.15, -0.1) is 0 Å². The molecule has 0 fully saturated rings. The van der Waals surface area contributed by atoms with Gasteiger partial charge in [0.1, 0.15) is 11.5 Å². The number of para-hydroxylation sites is 1. The molecule has 0 saturated heterocycles. The number of carbonyl (C=O) groups is 1. The molecule has 6 nitrogen and oxygen atoms in total. The van der Waals surface area contributed by atoms with Crippen molar-refractivity contribution in [2.45, 2.75) is 0 Å². The Morgan fingerprint density at radius 1 is 0.853 bits per heavy atom. The number of rotatable bonds is 5. The fraction of sp³-hybridized carbons (Fsp3) is 0. The summed E-state index contributed by atoms with van der Waals surface area (Å²) in [5.74, 6) is 0.940. The molecule has 0 bridgehead atoms. The Kier molecular flexibility index (Phi) is 5.85. The zero-order valence-corrected chi connectivity index (χ0v) is 19.9. The summed E-state index contributed by atoms with van der Waals surface area (Å²) >= 11 is 2.23. The number of amides is 1. The van der Waals surface area contributed by atoms with Crippen molar-refractivity contribution >= 4 is 51.6 Å². The van der Waals surface area contributed by atoms with Crippen LogP contribution in [0.25, 0.3) is 23.1 Å².